The van der Waals surface area contributed by atoms with Crippen LogP contribution in [0.25, 0.3) is 5.82 Å². The molecule has 0 aliphatic heterocycles. The van der Waals surface area contributed by atoms with Gasteiger partial charge in [-0.3, -0.25) is 4.79 Å². The van der Waals surface area contributed by atoms with Crippen LogP contribution in [0.4, 0.5) is 5.82 Å². The zero-order valence-corrected chi connectivity index (χ0v) is 10.2. The molecule has 100 valence electrons. The second kappa shape index (κ2) is 5.42. The van der Waals surface area contributed by atoms with Crippen molar-refractivity contribution in [1.82, 2.24) is 19.7 Å². The molecule has 0 spiro atoms. The number of ether oxygens (including phenoxy) is 1. The fraction of sp³-hybridized carbons (Fsp3) is 0.200. The predicted octanol–water partition coefficient (Wildman–Crippen LogP) is -0.807. The summed E-state index contributed by atoms with van der Waals surface area (Å²) >= 11 is 0. The van der Waals surface area contributed by atoms with Crippen molar-refractivity contribution in [3.8, 4) is 5.82 Å². The zero-order valence-electron chi connectivity index (χ0n) is 10.2. The van der Waals surface area contributed by atoms with E-state index in [1.807, 2.05) is 0 Å². The number of methoxy groups -OCH3 is 1. The fourth-order valence-corrected chi connectivity index (χ4v) is 1.44. The first-order chi connectivity index (χ1) is 9.13. The van der Waals surface area contributed by atoms with Crippen molar-refractivity contribution < 1.29 is 9.53 Å². The van der Waals surface area contributed by atoms with Crippen molar-refractivity contribution in [2.45, 2.75) is 6.61 Å². The van der Waals surface area contributed by atoms with Gasteiger partial charge < -0.3 is 15.9 Å². The second-order valence-corrected chi connectivity index (χ2v) is 3.64. The molecule has 2 heterocycles. The molecule has 0 bridgehead atoms. The number of nitrogen functional groups attached to an aromatic ring is 1. The Hall–Kier alpha value is -2.52. The number of hydrogen-bond donors (Lipinski definition) is 3. The summed E-state index contributed by atoms with van der Waals surface area (Å²) in [6.45, 7) is 0.229. The van der Waals surface area contributed by atoms with Gasteiger partial charge in [-0.15, -0.1) is 0 Å². The van der Waals surface area contributed by atoms with Crippen LogP contribution in [0.3, 0.4) is 0 Å². The molecule has 0 unspecified atom stereocenters. The minimum absolute atomic E-state index is 0.229. The predicted molar refractivity (Wildman–Crippen MR) is 66.2 cm³/mol. The van der Waals surface area contributed by atoms with Crippen LogP contribution < -0.4 is 17.0 Å². The second-order valence-electron chi connectivity index (χ2n) is 3.64. The Kier molecular flexibility index (Phi) is 3.68. The third kappa shape index (κ3) is 2.84. The van der Waals surface area contributed by atoms with Crippen molar-refractivity contribution in [3.63, 3.8) is 0 Å². The van der Waals surface area contributed by atoms with Gasteiger partial charge in [0.05, 0.1) is 11.8 Å². The molecule has 2 aromatic heterocycles. The van der Waals surface area contributed by atoms with Gasteiger partial charge in [-0.25, -0.2) is 20.5 Å². The van der Waals surface area contributed by atoms with Crippen LogP contribution in [-0.4, -0.2) is 32.8 Å². The average molecular weight is 263 g/mol. The topological polar surface area (TPSA) is 134 Å². The van der Waals surface area contributed by atoms with E-state index < -0.39 is 5.91 Å². The zero-order chi connectivity index (χ0) is 13.8. The van der Waals surface area contributed by atoms with Gasteiger partial charge in [0.25, 0.3) is 5.91 Å². The molecule has 0 saturated carbocycles. The first-order valence-corrected chi connectivity index (χ1v) is 5.32. The number of rotatable bonds is 5. The lowest BCUT2D eigenvalue weighted by molar-refractivity contribution is 0.100. The first-order valence-electron chi connectivity index (χ1n) is 5.32. The van der Waals surface area contributed by atoms with Gasteiger partial charge in [0, 0.05) is 19.4 Å². The monoisotopic (exact) mass is 263 g/mol. The number of primary amides is 1. The number of hydrogen-bond acceptors (Lipinski definition) is 7. The molecule has 0 radical (unpaired) electrons. The van der Waals surface area contributed by atoms with E-state index in [2.05, 4.69) is 20.5 Å². The largest absolute Gasteiger partial charge is 0.377 e. The van der Waals surface area contributed by atoms with Gasteiger partial charge >= 0.3 is 0 Å². The van der Waals surface area contributed by atoms with Crippen molar-refractivity contribution in [1.29, 1.82) is 0 Å². The summed E-state index contributed by atoms with van der Waals surface area (Å²) in [5.41, 5.74) is 7.87. The van der Waals surface area contributed by atoms with Crippen LogP contribution in [0.2, 0.25) is 0 Å². The molecule has 0 saturated heterocycles. The molecule has 9 nitrogen and oxygen atoms in total. The van der Waals surface area contributed by atoms with Crippen molar-refractivity contribution in [2.24, 2.45) is 11.6 Å². The van der Waals surface area contributed by atoms with Crippen LogP contribution in [0.5, 0.6) is 0 Å². The van der Waals surface area contributed by atoms with Gasteiger partial charge in [-0.05, 0) is 0 Å². The normalized spacial score (nSPS) is 10.4. The maximum Gasteiger partial charge on any atom is 0.251 e. The van der Waals surface area contributed by atoms with E-state index in [4.69, 9.17) is 16.3 Å². The molecule has 2 rings (SSSR count). The smallest absolute Gasteiger partial charge is 0.251 e. The highest BCUT2D eigenvalue weighted by Gasteiger charge is 2.09. The maximum absolute atomic E-state index is 11.0. The van der Waals surface area contributed by atoms with Crippen molar-refractivity contribution in [3.05, 3.63) is 29.8 Å². The molecular formula is C10H13N7O2. The van der Waals surface area contributed by atoms with E-state index in [0.717, 1.165) is 0 Å². The lowest BCUT2D eigenvalue weighted by Gasteiger charge is -2.06. The van der Waals surface area contributed by atoms with E-state index >= 15 is 0 Å². The van der Waals surface area contributed by atoms with Gasteiger partial charge in [-0.1, -0.05) is 0 Å². The summed E-state index contributed by atoms with van der Waals surface area (Å²) in [5.74, 6) is 6.06. The molecule has 0 aliphatic rings. The molecule has 0 aromatic carbocycles. The number of nitrogens with zero attached hydrogens (tertiary/aromatic N) is 4. The van der Waals surface area contributed by atoms with Gasteiger partial charge in [0.15, 0.2) is 11.6 Å². The molecule has 0 atom stereocenters. The SMILES string of the molecule is COCc1nc(NN)cc(-n2cc(C(N)=O)cn2)n1. The number of nitrogens with two attached hydrogens (primary N) is 2. The fourth-order valence-electron chi connectivity index (χ4n) is 1.44. The van der Waals surface area contributed by atoms with Crippen LogP contribution in [-0.2, 0) is 11.3 Å². The molecule has 9 heteroatoms. The number of aromatic nitrogens is 4. The highest BCUT2D eigenvalue weighted by atomic mass is 16.5. The van der Waals surface area contributed by atoms with Crippen LogP contribution in [0.1, 0.15) is 16.2 Å². The van der Waals surface area contributed by atoms with Crippen LogP contribution in [0, 0.1) is 0 Å². The van der Waals surface area contributed by atoms with Gasteiger partial charge in [-0.2, -0.15) is 5.10 Å². The maximum atomic E-state index is 11.0. The Labute approximate surface area is 108 Å². The molecule has 2 aromatic rings. The Morgan fingerprint density at radius 2 is 2.32 bits per heavy atom. The molecular weight excluding hydrogens is 250 g/mol. The van der Waals surface area contributed by atoms with E-state index in [1.165, 1.54) is 24.2 Å². The summed E-state index contributed by atoms with van der Waals surface area (Å²) in [5, 5.41) is 4.00. The third-order valence-corrected chi connectivity index (χ3v) is 2.28. The first kappa shape index (κ1) is 12.9. The molecule has 19 heavy (non-hydrogen) atoms. The number of carbonyl (C=O) groups excluding carboxylic acids is 1. The van der Waals surface area contributed by atoms with Crippen LogP contribution >= 0.6 is 0 Å². The standard InChI is InChI=1S/C10H13N7O2/c1-19-5-8-14-7(16-12)2-9(15-8)17-4-6(3-13-17)10(11)18/h2-4H,5,12H2,1H3,(H2,11,18)(H,14,15,16). The number of nitrogens with one attached hydrogen (secondary N) is 1. The van der Waals surface area contributed by atoms with Gasteiger partial charge in [0.2, 0.25) is 0 Å². The van der Waals surface area contributed by atoms with Crippen molar-refractivity contribution in [2.75, 3.05) is 12.5 Å². The summed E-state index contributed by atoms with van der Waals surface area (Å²) in [7, 11) is 1.53. The highest BCUT2D eigenvalue weighted by molar-refractivity contribution is 5.92. The van der Waals surface area contributed by atoms with Gasteiger partial charge in [0.1, 0.15) is 12.4 Å². The minimum atomic E-state index is -0.561. The Bertz CT molecular complexity index is 595. The third-order valence-electron chi connectivity index (χ3n) is 2.28. The lowest BCUT2D eigenvalue weighted by atomic mass is 10.3. The summed E-state index contributed by atoms with van der Waals surface area (Å²) in [6.07, 6.45) is 2.83. The highest BCUT2D eigenvalue weighted by Crippen LogP contribution is 2.11. The number of amides is 1. The van der Waals surface area contributed by atoms with E-state index in [1.54, 1.807) is 6.07 Å². The van der Waals surface area contributed by atoms with Crippen LogP contribution in [0.15, 0.2) is 18.5 Å². The Morgan fingerprint density at radius 1 is 1.53 bits per heavy atom. The van der Waals surface area contributed by atoms with Crippen molar-refractivity contribution >= 4 is 11.7 Å². The Balaban J connectivity index is 2.41. The lowest BCUT2D eigenvalue weighted by Crippen LogP contribution is -2.13. The molecule has 0 fully saturated rings. The van der Waals surface area contributed by atoms with E-state index in [9.17, 15) is 4.79 Å². The van der Waals surface area contributed by atoms with E-state index in [-0.39, 0.29) is 12.2 Å². The number of anilines is 1. The summed E-state index contributed by atoms with van der Waals surface area (Å²) in [4.78, 5) is 19.4. The number of carbonyl (C=O) groups is 1. The number of hydrazine groups is 1. The Morgan fingerprint density at radius 3 is 2.89 bits per heavy atom. The molecule has 1 amide bonds. The average Bonchev–Trinajstić information content (AvgIpc) is 2.88. The minimum Gasteiger partial charge on any atom is -0.377 e. The van der Waals surface area contributed by atoms with E-state index in [0.29, 0.717) is 17.5 Å². The summed E-state index contributed by atoms with van der Waals surface area (Å²) in [6, 6.07) is 1.58. The molecule has 5 N–H and O–H groups in total. The summed E-state index contributed by atoms with van der Waals surface area (Å²) < 4.78 is 6.37. The molecule has 0 aliphatic carbocycles. The quantitative estimate of drug-likeness (QED) is 0.474.